The van der Waals surface area contributed by atoms with Crippen LogP contribution in [0.2, 0.25) is 0 Å². The van der Waals surface area contributed by atoms with E-state index < -0.39 is 0 Å². The van der Waals surface area contributed by atoms with E-state index in [1.165, 1.54) is 0 Å². The van der Waals surface area contributed by atoms with E-state index >= 15 is 0 Å². The molecule has 142 valence electrons. The van der Waals surface area contributed by atoms with Gasteiger partial charge in [-0.2, -0.15) is 0 Å². The van der Waals surface area contributed by atoms with Gasteiger partial charge in [0.15, 0.2) is 17.5 Å². The number of nitrogens with one attached hydrogen (secondary N) is 3. The molecule has 0 radical (unpaired) electrons. The summed E-state index contributed by atoms with van der Waals surface area (Å²) in [4.78, 5) is 16.3. The van der Waals surface area contributed by atoms with Crippen LogP contribution in [-0.2, 0) is 6.54 Å². The fraction of sp³-hybridized carbons (Fsp3) is 0.300. The van der Waals surface area contributed by atoms with Gasteiger partial charge in [-0.1, -0.05) is 23.8 Å². The lowest BCUT2D eigenvalue weighted by molar-refractivity contribution is 0.0954. The van der Waals surface area contributed by atoms with Crippen molar-refractivity contribution in [2.24, 2.45) is 4.99 Å². The van der Waals surface area contributed by atoms with Gasteiger partial charge in [0.1, 0.15) is 0 Å². The Labute approximate surface area is 158 Å². The van der Waals surface area contributed by atoms with Crippen molar-refractivity contribution >= 4 is 11.9 Å². The highest BCUT2D eigenvalue weighted by molar-refractivity contribution is 5.94. The highest BCUT2D eigenvalue weighted by Gasteiger charge is 2.13. The second-order valence-electron chi connectivity index (χ2n) is 6.17. The molecule has 27 heavy (non-hydrogen) atoms. The molecule has 3 N–H and O–H groups in total. The minimum Gasteiger partial charge on any atom is -0.454 e. The molecule has 7 nitrogen and oxygen atoms in total. The van der Waals surface area contributed by atoms with E-state index in [2.05, 4.69) is 20.9 Å². The maximum absolute atomic E-state index is 12.1. The normalized spacial score (nSPS) is 12.6. The zero-order valence-corrected chi connectivity index (χ0v) is 15.5. The van der Waals surface area contributed by atoms with Crippen molar-refractivity contribution in [1.82, 2.24) is 16.0 Å². The molecule has 0 aromatic heterocycles. The fourth-order valence-electron chi connectivity index (χ4n) is 2.70. The number of guanidine groups is 1. The van der Waals surface area contributed by atoms with E-state index in [1.54, 1.807) is 7.05 Å². The number of carbonyl (C=O) groups excluding carboxylic acids is 1. The van der Waals surface area contributed by atoms with Gasteiger partial charge in [0.05, 0.1) is 0 Å². The first-order chi connectivity index (χ1) is 13.2. The number of nitrogens with zero attached hydrogens (tertiary/aromatic N) is 1. The van der Waals surface area contributed by atoms with Crippen LogP contribution in [-0.4, -0.2) is 38.8 Å². The van der Waals surface area contributed by atoms with E-state index in [0.29, 0.717) is 31.2 Å². The van der Waals surface area contributed by atoms with Gasteiger partial charge < -0.3 is 25.4 Å². The second kappa shape index (κ2) is 8.93. The van der Waals surface area contributed by atoms with Gasteiger partial charge in [0, 0.05) is 32.2 Å². The Balaban J connectivity index is 1.40. The maximum Gasteiger partial charge on any atom is 0.251 e. The molecular weight excluding hydrogens is 344 g/mol. The van der Waals surface area contributed by atoms with Gasteiger partial charge in [0.25, 0.3) is 5.91 Å². The van der Waals surface area contributed by atoms with Crippen LogP contribution >= 0.6 is 0 Å². The molecule has 7 heteroatoms. The zero-order valence-electron chi connectivity index (χ0n) is 15.5. The van der Waals surface area contributed by atoms with E-state index in [-0.39, 0.29) is 12.7 Å². The smallest absolute Gasteiger partial charge is 0.251 e. The maximum atomic E-state index is 12.1. The number of rotatable bonds is 6. The third-order valence-corrected chi connectivity index (χ3v) is 4.10. The molecule has 1 amide bonds. The Hall–Kier alpha value is -3.22. The van der Waals surface area contributed by atoms with E-state index in [0.717, 1.165) is 22.6 Å². The average Bonchev–Trinajstić information content (AvgIpc) is 3.15. The molecule has 0 saturated heterocycles. The Morgan fingerprint density at radius 1 is 1.04 bits per heavy atom. The highest BCUT2D eigenvalue weighted by Crippen LogP contribution is 2.32. The lowest BCUT2D eigenvalue weighted by Gasteiger charge is -2.13. The lowest BCUT2D eigenvalue weighted by atomic mass is 10.1. The summed E-state index contributed by atoms with van der Waals surface area (Å²) < 4.78 is 10.7. The molecule has 0 atom stereocenters. The molecular formula is C20H24N4O3. The number of hydrogen-bond donors (Lipinski definition) is 3. The van der Waals surface area contributed by atoms with Crippen molar-refractivity contribution in [2.45, 2.75) is 13.5 Å². The van der Waals surface area contributed by atoms with Crippen molar-refractivity contribution in [1.29, 1.82) is 0 Å². The quantitative estimate of drug-likeness (QED) is 0.412. The van der Waals surface area contributed by atoms with Gasteiger partial charge >= 0.3 is 0 Å². The Morgan fingerprint density at radius 2 is 1.85 bits per heavy atom. The fourth-order valence-corrected chi connectivity index (χ4v) is 2.70. The van der Waals surface area contributed by atoms with Crippen LogP contribution in [0.25, 0.3) is 0 Å². The molecule has 1 heterocycles. The van der Waals surface area contributed by atoms with Crippen molar-refractivity contribution in [3.05, 3.63) is 59.2 Å². The molecule has 1 aliphatic rings. The van der Waals surface area contributed by atoms with Crippen molar-refractivity contribution in [3.63, 3.8) is 0 Å². The van der Waals surface area contributed by atoms with Gasteiger partial charge in [-0.25, -0.2) is 0 Å². The second-order valence-corrected chi connectivity index (χ2v) is 6.17. The van der Waals surface area contributed by atoms with Gasteiger partial charge in [-0.05, 0) is 36.8 Å². The molecule has 0 unspecified atom stereocenters. The van der Waals surface area contributed by atoms with Crippen LogP contribution in [0, 0.1) is 6.92 Å². The summed E-state index contributed by atoms with van der Waals surface area (Å²) in [7, 11) is 1.71. The summed E-state index contributed by atoms with van der Waals surface area (Å²) in [5, 5.41) is 9.31. The molecule has 0 spiro atoms. The van der Waals surface area contributed by atoms with Crippen molar-refractivity contribution < 1.29 is 14.3 Å². The predicted octanol–water partition coefficient (Wildman–Crippen LogP) is 1.82. The van der Waals surface area contributed by atoms with Crippen LogP contribution in [0.1, 0.15) is 21.5 Å². The summed E-state index contributed by atoms with van der Waals surface area (Å²) in [6, 6.07) is 13.4. The molecule has 0 bridgehead atoms. The first kappa shape index (κ1) is 18.6. The number of hydrogen-bond acceptors (Lipinski definition) is 4. The van der Waals surface area contributed by atoms with Crippen molar-refractivity contribution in [3.8, 4) is 11.5 Å². The predicted molar refractivity (Wildman–Crippen MR) is 104 cm³/mol. The van der Waals surface area contributed by atoms with Crippen LogP contribution in [0.4, 0.5) is 0 Å². The van der Waals surface area contributed by atoms with E-state index in [9.17, 15) is 4.79 Å². The van der Waals surface area contributed by atoms with Crippen LogP contribution in [0.5, 0.6) is 11.5 Å². The first-order valence-corrected chi connectivity index (χ1v) is 8.83. The topological polar surface area (TPSA) is 84.0 Å². The molecule has 2 aromatic carbocycles. The number of carbonyl (C=O) groups is 1. The summed E-state index contributed by atoms with van der Waals surface area (Å²) >= 11 is 0. The summed E-state index contributed by atoms with van der Waals surface area (Å²) in [6.45, 7) is 3.90. The first-order valence-electron chi connectivity index (χ1n) is 8.83. The number of benzene rings is 2. The minimum absolute atomic E-state index is 0.0798. The van der Waals surface area contributed by atoms with Crippen LogP contribution in [0.3, 0.4) is 0 Å². The standard InChI is InChI=1S/C20H24N4O3/c1-14-4-3-5-16(10-14)19(25)22-8-9-23-20(21-2)24-12-15-6-7-17-18(11-15)27-13-26-17/h3-7,10-11H,8-9,12-13H2,1-2H3,(H,22,25)(H2,21,23,24). The SMILES string of the molecule is CN=C(NCCNC(=O)c1cccc(C)c1)NCc1ccc2c(c1)OCO2. The third kappa shape index (κ3) is 5.13. The molecule has 3 rings (SSSR count). The highest BCUT2D eigenvalue weighted by atomic mass is 16.7. The zero-order chi connectivity index (χ0) is 19.1. The van der Waals surface area contributed by atoms with Crippen LogP contribution in [0.15, 0.2) is 47.5 Å². The third-order valence-electron chi connectivity index (χ3n) is 4.10. The molecule has 2 aromatic rings. The van der Waals surface area contributed by atoms with Crippen molar-refractivity contribution in [2.75, 3.05) is 26.9 Å². The number of ether oxygens (including phenoxy) is 2. The van der Waals surface area contributed by atoms with E-state index in [4.69, 9.17) is 9.47 Å². The Morgan fingerprint density at radius 3 is 2.67 bits per heavy atom. The van der Waals surface area contributed by atoms with E-state index in [1.807, 2.05) is 49.4 Å². The number of aryl methyl sites for hydroxylation is 1. The Kier molecular flexibility index (Phi) is 6.14. The van der Waals surface area contributed by atoms with Gasteiger partial charge in [0.2, 0.25) is 6.79 Å². The molecule has 0 aliphatic carbocycles. The monoisotopic (exact) mass is 368 g/mol. The summed E-state index contributed by atoms with van der Waals surface area (Å²) in [5.74, 6) is 2.11. The van der Waals surface area contributed by atoms with Gasteiger partial charge in [-0.3, -0.25) is 9.79 Å². The average molecular weight is 368 g/mol. The summed E-state index contributed by atoms with van der Waals surface area (Å²) in [6.07, 6.45) is 0. The summed E-state index contributed by atoms with van der Waals surface area (Å²) in [5.41, 5.74) is 2.80. The minimum atomic E-state index is -0.0798. The molecule has 1 aliphatic heterocycles. The molecule has 0 fully saturated rings. The molecule has 0 saturated carbocycles. The van der Waals surface area contributed by atoms with Crippen LogP contribution < -0.4 is 25.4 Å². The largest absolute Gasteiger partial charge is 0.454 e. The van der Waals surface area contributed by atoms with Gasteiger partial charge in [-0.15, -0.1) is 0 Å². The number of amides is 1. The number of fused-ring (bicyclic) bond motifs is 1. The number of aliphatic imine (C=N–C) groups is 1. The Bertz CT molecular complexity index is 836. The lowest BCUT2D eigenvalue weighted by Crippen LogP contribution is -2.41.